The maximum absolute atomic E-state index is 10.7. The van der Waals surface area contributed by atoms with Gasteiger partial charge in [0.1, 0.15) is 18.6 Å². The molecule has 0 saturated heterocycles. The predicted molar refractivity (Wildman–Crippen MR) is 108 cm³/mol. The van der Waals surface area contributed by atoms with Gasteiger partial charge in [-0.2, -0.15) is 5.10 Å². The van der Waals surface area contributed by atoms with Crippen LogP contribution in [0, 0.1) is 22.5 Å². The lowest BCUT2D eigenvalue weighted by Gasteiger charge is -2.15. The van der Waals surface area contributed by atoms with E-state index in [4.69, 9.17) is 15.9 Å². The number of nitrogens with one attached hydrogen (secondary N) is 1. The Morgan fingerprint density at radius 3 is 2.86 bits per heavy atom. The highest BCUT2D eigenvalue weighted by molar-refractivity contribution is 5.82. The Labute approximate surface area is 163 Å². The maximum Gasteiger partial charge on any atom is 0.287 e. The van der Waals surface area contributed by atoms with E-state index in [1.807, 2.05) is 13.0 Å². The van der Waals surface area contributed by atoms with E-state index in [1.165, 1.54) is 12.1 Å². The minimum absolute atomic E-state index is 0.0903. The predicted octanol–water partition coefficient (Wildman–Crippen LogP) is 3.58. The van der Waals surface area contributed by atoms with Crippen LogP contribution in [0.5, 0.6) is 11.5 Å². The van der Waals surface area contributed by atoms with Gasteiger partial charge in [-0.25, -0.2) is 4.98 Å². The Kier molecular flexibility index (Phi) is 7.54. The number of benzene rings is 1. The van der Waals surface area contributed by atoms with Crippen molar-refractivity contribution in [1.82, 2.24) is 4.98 Å². The minimum Gasteiger partial charge on any atom is -0.490 e. The molecule has 1 N–H and O–H groups in total. The van der Waals surface area contributed by atoms with E-state index in [0.29, 0.717) is 30.3 Å². The monoisotopic (exact) mass is 380 g/mol. The Morgan fingerprint density at radius 2 is 2.25 bits per heavy atom. The number of hydrogen-bond donors (Lipinski definition) is 1. The Morgan fingerprint density at radius 1 is 1.43 bits per heavy atom. The molecule has 1 aromatic heterocycles. The second-order valence-electron chi connectivity index (χ2n) is 5.45. The molecule has 0 spiro atoms. The molecule has 0 fully saturated rings. The second kappa shape index (κ2) is 10.3. The van der Waals surface area contributed by atoms with Gasteiger partial charge in [-0.3, -0.25) is 15.5 Å². The van der Waals surface area contributed by atoms with E-state index in [0.717, 1.165) is 17.3 Å². The summed E-state index contributed by atoms with van der Waals surface area (Å²) in [6.45, 7) is 6.23. The van der Waals surface area contributed by atoms with Crippen molar-refractivity contribution in [2.75, 3.05) is 18.6 Å². The molecule has 28 heavy (non-hydrogen) atoms. The molecule has 8 nitrogen and oxygen atoms in total. The summed E-state index contributed by atoms with van der Waals surface area (Å²) in [5, 5.41) is 14.8. The summed E-state index contributed by atoms with van der Waals surface area (Å²) >= 11 is 0. The molecule has 0 atom stereocenters. The zero-order valence-corrected chi connectivity index (χ0v) is 15.4. The standard InChI is InChI=1S/C20H20N4O4/c1-4-7-16-11-15(12-18(27-6-3)20(16)28-10-5-2)13-22-23-19-9-8-17(14-21-19)24(25)26/h2,4,8-9,11-14H,1,6-7,10H2,3H3,(H,21,23)/b22-13+. The number of rotatable bonds is 10. The number of anilines is 1. The van der Waals surface area contributed by atoms with Gasteiger partial charge >= 0.3 is 0 Å². The van der Waals surface area contributed by atoms with Crippen molar-refractivity contribution < 1.29 is 14.4 Å². The molecule has 0 aliphatic rings. The fourth-order valence-corrected chi connectivity index (χ4v) is 2.34. The maximum atomic E-state index is 10.7. The summed E-state index contributed by atoms with van der Waals surface area (Å²) in [5.74, 6) is 3.97. The molecular formula is C20H20N4O4. The number of aromatic nitrogens is 1. The van der Waals surface area contributed by atoms with Gasteiger partial charge in [0.2, 0.25) is 0 Å². The first-order valence-electron chi connectivity index (χ1n) is 8.45. The number of allylic oxidation sites excluding steroid dienone is 1. The first-order chi connectivity index (χ1) is 13.6. The van der Waals surface area contributed by atoms with Crippen molar-refractivity contribution in [3.8, 4) is 23.8 Å². The highest BCUT2D eigenvalue weighted by Crippen LogP contribution is 2.33. The summed E-state index contributed by atoms with van der Waals surface area (Å²) < 4.78 is 11.3. The SMILES string of the molecule is C#CCOc1c(CC=C)cc(/C=N/Nc2ccc([N+](=O)[O-])cn2)cc1OCC. The van der Waals surface area contributed by atoms with Crippen LogP contribution in [-0.4, -0.2) is 29.3 Å². The normalized spacial score (nSPS) is 10.3. The van der Waals surface area contributed by atoms with Crippen molar-refractivity contribution in [3.63, 3.8) is 0 Å². The fourth-order valence-electron chi connectivity index (χ4n) is 2.34. The molecule has 8 heteroatoms. The Hall–Kier alpha value is -3.86. The molecule has 0 saturated carbocycles. The molecule has 0 unspecified atom stereocenters. The van der Waals surface area contributed by atoms with Crippen LogP contribution >= 0.6 is 0 Å². The quantitative estimate of drug-likeness (QED) is 0.222. The molecule has 2 rings (SSSR count). The summed E-state index contributed by atoms with van der Waals surface area (Å²) in [4.78, 5) is 14.1. The number of hydrazone groups is 1. The van der Waals surface area contributed by atoms with E-state index in [-0.39, 0.29) is 12.3 Å². The highest BCUT2D eigenvalue weighted by atomic mass is 16.6. The van der Waals surface area contributed by atoms with E-state index in [9.17, 15) is 10.1 Å². The smallest absolute Gasteiger partial charge is 0.287 e. The van der Waals surface area contributed by atoms with Gasteiger partial charge in [-0.15, -0.1) is 13.0 Å². The van der Waals surface area contributed by atoms with Crippen LogP contribution in [0.25, 0.3) is 0 Å². The molecule has 144 valence electrons. The van der Waals surface area contributed by atoms with Crippen molar-refractivity contribution in [1.29, 1.82) is 0 Å². The fraction of sp³-hybridized carbons (Fsp3) is 0.200. The van der Waals surface area contributed by atoms with Crippen LogP contribution in [0.4, 0.5) is 11.5 Å². The third-order valence-electron chi connectivity index (χ3n) is 3.47. The third-order valence-corrected chi connectivity index (χ3v) is 3.47. The lowest BCUT2D eigenvalue weighted by Crippen LogP contribution is -2.04. The van der Waals surface area contributed by atoms with Gasteiger partial charge in [-0.1, -0.05) is 12.0 Å². The van der Waals surface area contributed by atoms with Crippen molar-refractivity contribution >= 4 is 17.7 Å². The summed E-state index contributed by atoms with van der Waals surface area (Å²) in [5.41, 5.74) is 4.27. The summed E-state index contributed by atoms with van der Waals surface area (Å²) in [6, 6.07) is 6.50. The van der Waals surface area contributed by atoms with Crippen LogP contribution in [0.15, 0.2) is 48.2 Å². The lowest BCUT2D eigenvalue weighted by molar-refractivity contribution is -0.385. The Bertz CT molecular complexity index is 902. The van der Waals surface area contributed by atoms with Crippen molar-refractivity contribution in [3.05, 3.63) is 64.4 Å². The van der Waals surface area contributed by atoms with E-state index in [2.05, 4.69) is 28.0 Å². The molecule has 0 amide bonds. The number of nitro groups is 1. The third kappa shape index (κ3) is 5.57. The van der Waals surface area contributed by atoms with E-state index < -0.39 is 4.92 Å². The van der Waals surface area contributed by atoms with Gasteiger partial charge in [-0.05, 0) is 37.1 Å². The van der Waals surface area contributed by atoms with Crippen molar-refractivity contribution in [2.45, 2.75) is 13.3 Å². The average molecular weight is 380 g/mol. The van der Waals surface area contributed by atoms with Crippen LogP contribution in [0.1, 0.15) is 18.1 Å². The number of pyridine rings is 1. The molecule has 0 aliphatic heterocycles. The molecular weight excluding hydrogens is 360 g/mol. The molecule has 1 heterocycles. The number of nitrogens with zero attached hydrogens (tertiary/aromatic N) is 3. The average Bonchev–Trinajstić information content (AvgIpc) is 2.68. The number of hydrogen-bond acceptors (Lipinski definition) is 7. The first kappa shape index (κ1) is 20.5. The topological polar surface area (TPSA) is 98.9 Å². The van der Waals surface area contributed by atoms with Crippen LogP contribution in [0.3, 0.4) is 0 Å². The van der Waals surface area contributed by atoms with E-state index >= 15 is 0 Å². The summed E-state index contributed by atoms with van der Waals surface area (Å²) in [6.07, 6.45) is 10.4. The Balaban J connectivity index is 2.23. The van der Waals surface area contributed by atoms with Crippen LogP contribution in [-0.2, 0) is 6.42 Å². The largest absolute Gasteiger partial charge is 0.490 e. The van der Waals surface area contributed by atoms with Gasteiger partial charge in [0.15, 0.2) is 11.5 Å². The molecule has 1 aromatic carbocycles. The van der Waals surface area contributed by atoms with E-state index in [1.54, 1.807) is 18.4 Å². The second-order valence-corrected chi connectivity index (χ2v) is 5.45. The highest BCUT2D eigenvalue weighted by Gasteiger charge is 2.12. The number of ether oxygens (including phenoxy) is 2. The van der Waals surface area contributed by atoms with Crippen LogP contribution < -0.4 is 14.9 Å². The van der Waals surface area contributed by atoms with Gasteiger partial charge in [0.05, 0.1) is 17.7 Å². The lowest BCUT2D eigenvalue weighted by atomic mass is 10.1. The van der Waals surface area contributed by atoms with Gasteiger partial charge in [0.25, 0.3) is 5.69 Å². The van der Waals surface area contributed by atoms with Gasteiger partial charge in [0, 0.05) is 11.6 Å². The molecule has 0 aliphatic carbocycles. The number of terminal acetylenes is 1. The zero-order valence-electron chi connectivity index (χ0n) is 15.4. The van der Waals surface area contributed by atoms with Crippen molar-refractivity contribution in [2.24, 2.45) is 5.10 Å². The van der Waals surface area contributed by atoms with Gasteiger partial charge < -0.3 is 9.47 Å². The first-order valence-corrected chi connectivity index (χ1v) is 8.45. The zero-order chi connectivity index (χ0) is 20.4. The van der Waals surface area contributed by atoms with Crippen LogP contribution in [0.2, 0.25) is 0 Å². The summed E-state index contributed by atoms with van der Waals surface area (Å²) in [7, 11) is 0. The molecule has 0 radical (unpaired) electrons. The minimum atomic E-state index is -0.514. The molecule has 2 aromatic rings. The molecule has 0 bridgehead atoms.